The molecule has 0 aliphatic carbocycles. The molecule has 3 nitrogen and oxygen atoms in total. The summed E-state index contributed by atoms with van der Waals surface area (Å²) < 4.78 is 15.8. The zero-order valence-corrected chi connectivity index (χ0v) is 19.0. The number of benzene rings is 5. The predicted molar refractivity (Wildman–Crippen MR) is 142 cm³/mol. The molecule has 0 aliphatic heterocycles. The third kappa shape index (κ3) is 2.90. The minimum absolute atomic E-state index is 0.259. The molecular formula is C31H20FN3. The Kier molecular flexibility index (Phi) is 4.24. The van der Waals surface area contributed by atoms with Gasteiger partial charge in [-0.15, -0.1) is 0 Å². The first-order chi connectivity index (χ1) is 17.2. The van der Waals surface area contributed by atoms with Crippen molar-refractivity contribution in [3.63, 3.8) is 0 Å². The highest BCUT2D eigenvalue weighted by Crippen LogP contribution is 2.43. The van der Waals surface area contributed by atoms with Crippen LogP contribution in [0.15, 0.2) is 103 Å². The van der Waals surface area contributed by atoms with Crippen LogP contribution in [0.5, 0.6) is 0 Å². The van der Waals surface area contributed by atoms with Crippen LogP contribution >= 0.6 is 0 Å². The van der Waals surface area contributed by atoms with Gasteiger partial charge in [-0.2, -0.15) is 0 Å². The first kappa shape index (κ1) is 19.9. The summed E-state index contributed by atoms with van der Waals surface area (Å²) in [5.41, 5.74) is 6.97. The highest BCUT2D eigenvalue weighted by Gasteiger charge is 2.22. The number of aromatic nitrogens is 3. The number of pyridine rings is 1. The van der Waals surface area contributed by atoms with Gasteiger partial charge < -0.3 is 4.57 Å². The number of hydrogen-bond acceptors (Lipinski definition) is 2. The number of aryl methyl sites for hydroxylation is 1. The number of hydrogen-bond donors (Lipinski definition) is 0. The molecule has 0 saturated carbocycles. The maximum Gasteiger partial charge on any atom is 0.140 e. The molecule has 7 aromatic rings. The number of para-hydroxylation sites is 1. The van der Waals surface area contributed by atoms with Crippen LogP contribution in [0.1, 0.15) is 0 Å². The monoisotopic (exact) mass is 453 g/mol. The molecule has 0 N–H and O–H groups in total. The summed E-state index contributed by atoms with van der Waals surface area (Å²) >= 11 is 0. The number of rotatable bonds is 2. The molecule has 0 saturated heterocycles. The fourth-order valence-electron chi connectivity index (χ4n) is 5.28. The highest BCUT2D eigenvalue weighted by atomic mass is 19.1. The highest BCUT2D eigenvalue weighted by molar-refractivity contribution is 6.29. The maximum atomic E-state index is 13.7. The Hall–Kier alpha value is -4.57. The molecule has 2 aromatic heterocycles. The van der Waals surface area contributed by atoms with E-state index in [1.807, 2.05) is 19.2 Å². The van der Waals surface area contributed by atoms with Crippen molar-refractivity contribution in [2.75, 3.05) is 0 Å². The third-order valence-corrected chi connectivity index (χ3v) is 6.83. The minimum Gasteiger partial charge on any atom is -0.327 e. The molecular weight excluding hydrogens is 433 g/mol. The van der Waals surface area contributed by atoms with E-state index in [4.69, 9.17) is 9.97 Å². The van der Waals surface area contributed by atoms with Crippen molar-refractivity contribution in [1.82, 2.24) is 14.5 Å². The SMILES string of the molecule is Cn1c(-c2ccc(F)cc2)nc2c3c(-c4ccccc4)c4ccccc4nc3c3ccccc3c21. The van der Waals surface area contributed by atoms with Crippen LogP contribution in [0.25, 0.3) is 66.1 Å². The second-order valence-corrected chi connectivity index (χ2v) is 8.84. The molecule has 0 spiro atoms. The Labute approximate surface area is 201 Å². The Morgan fingerprint density at radius 2 is 1.26 bits per heavy atom. The van der Waals surface area contributed by atoms with Crippen LogP contribution in [-0.2, 0) is 7.05 Å². The van der Waals surface area contributed by atoms with Crippen LogP contribution in [0.2, 0.25) is 0 Å². The lowest BCUT2D eigenvalue weighted by Crippen LogP contribution is -1.95. The molecule has 7 rings (SSSR count). The van der Waals surface area contributed by atoms with Crippen molar-refractivity contribution in [3.05, 3.63) is 109 Å². The molecule has 35 heavy (non-hydrogen) atoms. The van der Waals surface area contributed by atoms with Crippen molar-refractivity contribution in [3.8, 4) is 22.5 Å². The lowest BCUT2D eigenvalue weighted by molar-refractivity contribution is 0.628. The summed E-state index contributed by atoms with van der Waals surface area (Å²) in [6, 6.07) is 33.7. The molecule has 2 heterocycles. The number of fused-ring (bicyclic) bond motifs is 7. The smallest absolute Gasteiger partial charge is 0.140 e. The largest absolute Gasteiger partial charge is 0.327 e. The van der Waals surface area contributed by atoms with E-state index in [9.17, 15) is 4.39 Å². The fourth-order valence-corrected chi connectivity index (χ4v) is 5.28. The number of imidazole rings is 1. The van der Waals surface area contributed by atoms with Gasteiger partial charge >= 0.3 is 0 Å². The van der Waals surface area contributed by atoms with Gasteiger partial charge in [0.2, 0.25) is 0 Å². The van der Waals surface area contributed by atoms with Crippen molar-refractivity contribution in [2.45, 2.75) is 0 Å². The molecule has 0 aliphatic rings. The van der Waals surface area contributed by atoms with E-state index >= 15 is 0 Å². The minimum atomic E-state index is -0.259. The lowest BCUT2D eigenvalue weighted by Gasteiger charge is -2.14. The molecule has 166 valence electrons. The lowest BCUT2D eigenvalue weighted by atomic mass is 9.93. The molecule has 4 heteroatoms. The zero-order valence-electron chi connectivity index (χ0n) is 19.0. The normalized spacial score (nSPS) is 11.7. The summed E-state index contributed by atoms with van der Waals surface area (Å²) in [5.74, 6) is 0.537. The van der Waals surface area contributed by atoms with E-state index in [0.717, 1.165) is 66.1 Å². The van der Waals surface area contributed by atoms with Crippen molar-refractivity contribution in [1.29, 1.82) is 0 Å². The van der Waals surface area contributed by atoms with Gasteiger partial charge in [0.25, 0.3) is 0 Å². The first-order valence-corrected chi connectivity index (χ1v) is 11.6. The molecule has 0 unspecified atom stereocenters. The Bertz CT molecular complexity index is 1900. The van der Waals surface area contributed by atoms with E-state index in [-0.39, 0.29) is 5.82 Å². The predicted octanol–water partition coefficient (Wildman–Crippen LogP) is 7.90. The van der Waals surface area contributed by atoms with E-state index in [0.29, 0.717) is 0 Å². The molecule has 0 atom stereocenters. The fraction of sp³-hybridized carbons (Fsp3) is 0.0323. The standard InChI is InChI=1S/C31H20FN3/c1-35-30-23-12-6-5-11-22(23)28-27(29(30)34-31(35)20-15-17-21(32)18-16-20)26(19-9-3-2-4-10-19)24-13-7-8-14-25(24)33-28/h2-18H,1H3. The van der Waals surface area contributed by atoms with E-state index in [1.165, 1.54) is 12.1 Å². The first-order valence-electron chi connectivity index (χ1n) is 11.6. The van der Waals surface area contributed by atoms with Crippen molar-refractivity contribution < 1.29 is 4.39 Å². The Morgan fingerprint density at radius 1 is 0.600 bits per heavy atom. The van der Waals surface area contributed by atoms with Crippen LogP contribution in [-0.4, -0.2) is 14.5 Å². The topological polar surface area (TPSA) is 30.7 Å². The van der Waals surface area contributed by atoms with Gasteiger partial charge in [0.15, 0.2) is 0 Å². The van der Waals surface area contributed by atoms with Crippen LogP contribution < -0.4 is 0 Å². The molecule has 5 aromatic carbocycles. The summed E-state index contributed by atoms with van der Waals surface area (Å²) in [4.78, 5) is 10.4. The molecule has 0 bridgehead atoms. The number of halogens is 1. The summed E-state index contributed by atoms with van der Waals surface area (Å²) in [6.45, 7) is 0. The summed E-state index contributed by atoms with van der Waals surface area (Å²) in [5, 5.41) is 4.32. The van der Waals surface area contributed by atoms with E-state index in [2.05, 4.69) is 71.3 Å². The van der Waals surface area contributed by atoms with E-state index < -0.39 is 0 Å². The quantitative estimate of drug-likeness (QED) is 0.197. The molecule has 0 amide bonds. The average molecular weight is 454 g/mol. The van der Waals surface area contributed by atoms with E-state index in [1.54, 1.807) is 12.1 Å². The molecule has 0 fully saturated rings. The summed E-state index contributed by atoms with van der Waals surface area (Å²) in [7, 11) is 2.03. The average Bonchev–Trinajstić information content (AvgIpc) is 3.25. The second kappa shape index (κ2) is 7.47. The summed E-state index contributed by atoms with van der Waals surface area (Å²) in [6.07, 6.45) is 0. The van der Waals surface area contributed by atoms with Crippen molar-refractivity contribution in [2.24, 2.45) is 7.05 Å². The zero-order chi connectivity index (χ0) is 23.5. The van der Waals surface area contributed by atoms with Gasteiger partial charge in [0.05, 0.1) is 22.1 Å². The van der Waals surface area contributed by atoms with Gasteiger partial charge in [-0.1, -0.05) is 72.8 Å². The Morgan fingerprint density at radius 3 is 2.03 bits per heavy atom. The van der Waals surface area contributed by atoms with Gasteiger partial charge in [0, 0.05) is 39.7 Å². The second-order valence-electron chi connectivity index (χ2n) is 8.84. The van der Waals surface area contributed by atoms with Crippen molar-refractivity contribution >= 4 is 43.6 Å². The van der Waals surface area contributed by atoms with Crippen LogP contribution in [0.3, 0.4) is 0 Å². The molecule has 0 radical (unpaired) electrons. The van der Waals surface area contributed by atoms with Gasteiger partial charge in [-0.05, 0) is 35.9 Å². The van der Waals surface area contributed by atoms with Gasteiger partial charge in [0.1, 0.15) is 11.6 Å². The van der Waals surface area contributed by atoms with Crippen LogP contribution in [0.4, 0.5) is 4.39 Å². The van der Waals surface area contributed by atoms with Gasteiger partial charge in [-0.25, -0.2) is 14.4 Å². The maximum absolute atomic E-state index is 13.7. The third-order valence-electron chi connectivity index (χ3n) is 6.83. The Balaban J connectivity index is 1.76. The van der Waals surface area contributed by atoms with Gasteiger partial charge in [-0.3, -0.25) is 0 Å². The number of nitrogens with zero attached hydrogens (tertiary/aromatic N) is 3. The van der Waals surface area contributed by atoms with Crippen LogP contribution in [0, 0.1) is 5.82 Å².